The largest absolute Gasteiger partial charge is 0.487 e. The highest BCUT2D eigenvalue weighted by Gasteiger charge is 2.44. The minimum Gasteiger partial charge on any atom is -0.487 e. The normalized spacial score (nSPS) is 18.0. The Morgan fingerprint density at radius 2 is 1.86 bits per heavy atom. The maximum Gasteiger partial charge on any atom is 0.335 e. The summed E-state index contributed by atoms with van der Waals surface area (Å²) >= 11 is 0. The SMILES string of the molecule is CCOc1c(C2CC2c2ccc(C)cc2)oc2ccc(C(=O)O)c(CC)c2c1=O. The Kier molecular flexibility index (Phi) is 4.91. The fraction of sp³-hybridized carbons (Fsp3) is 0.333. The monoisotopic (exact) mass is 392 g/mol. The van der Waals surface area contributed by atoms with Crippen molar-refractivity contribution in [1.29, 1.82) is 0 Å². The quantitative estimate of drug-likeness (QED) is 0.636. The fourth-order valence-electron chi connectivity index (χ4n) is 4.11. The second kappa shape index (κ2) is 7.39. The zero-order valence-corrected chi connectivity index (χ0v) is 16.8. The minimum absolute atomic E-state index is 0.0839. The zero-order chi connectivity index (χ0) is 20.7. The highest BCUT2D eigenvalue weighted by Crippen LogP contribution is 2.56. The van der Waals surface area contributed by atoms with Crippen molar-refractivity contribution < 1.29 is 19.1 Å². The molecule has 0 amide bonds. The number of aromatic carboxylic acids is 1. The van der Waals surface area contributed by atoms with Gasteiger partial charge in [-0.25, -0.2) is 4.79 Å². The van der Waals surface area contributed by atoms with E-state index in [1.54, 1.807) is 6.07 Å². The predicted molar refractivity (Wildman–Crippen MR) is 111 cm³/mol. The molecular weight excluding hydrogens is 368 g/mol. The third-order valence-electron chi connectivity index (χ3n) is 5.66. The van der Waals surface area contributed by atoms with Crippen molar-refractivity contribution in [2.45, 2.75) is 45.4 Å². The number of hydrogen-bond donors (Lipinski definition) is 1. The van der Waals surface area contributed by atoms with Crippen LogP contribution in [0.2, 0.25) is 0 Å². The summed E-state index contributed by atoms with van der Waals surface area (Å²) in [5.41, 5.74) is 3.19. The molecule has 0 saturated heterocycles. The fourth-order valence-corrected chi connectivity index (χ4v) is 4.11. The van der Waals surface area contributed by atoms with E-state index in [9.17, 15) is 14.7 Å². The van der Waals surface area contributed by atoms with Crippen LogP contribution in [-0.4, -0.2) is 17.7 Å². The van der Waals surface area contributed by atoms with Crippen molar-refractivity contribution in [3.05, 3.63) is 74.6 Å². The van der Waals surface area contributed by atoms with E-state index in [2.05, 4.69) is 31.2 Å². The highest BCUT2D eigenvalue weighted by atomic mass is 16.5. The number of carboxylic acids is 1. The molecule has 2 unspecified atom stereocenters. The molecule has 29 heavy (non-hydrogen) atoms. The van der Waals surface area contributed by atoms with Crippen LogP contribution in [0.4, 0.5) is 0 Å². The first-order chi connectivity index (χ1) is 14.0. The van der Waals surface area contributed by atoms with Crippen LogP contribution in [0.5, 0.6) is 5.75 Å². The highest BCUT2D eigenvalue weighted by molar-refractivity contribution is 5.96. The van der Waals surface area contributed by atoms with Gasteiger partial charge in [0.2, 0.25) is 11.2 Å². The van der Waals surface area contributed by atoms with Crippen LogP contribution in [0, 0.1) is 6.92 Å². The molecule has 1 N–H and O–H groups in total. The average Bonchev–Trinajstić information content (AvgIpc) is 3.50. The number of aryl methyl sites for hydroxylation is 2. The van der Waals surface area contributed by atoms with E-state index >= 15 is 0 Å². The first kappa shape index (κ1) is 19.2. The summed E-state index contributed by atoms with van der Waals surface area (Å²) in [5.74, 6) is 0.114. The zero-order valence-electron chi connectivity index (χ0n) is 16.8. The van der Waals surface area contributed by atoms with E-state index < -0.39 is 5.97 Å². The molecule has 5 nitrogen and oxygen atoms in total. The number of carboxylic acid groups (broad SMARTS) is 1. The van der Waals surface area contributed by atoms with Crippen LogP contribution < -0.4 is 10.2 Å². The third-order valence-corrected chi connectivity index (χ3v) is 5.66. The molecule has 0 aliphatic heterocycles. The Balaban J connectivity index is 1.86. The summed E-state index contributed by atoms with van der Waals surface area (Å²) in [6.07, 6.45) is 1.31. The number of carbonyl (C=O) groups is 1. The number of hydrogen-bond acceptors (Lipinski definition) is 4. The van der Waals surface area contributed by atoms with Gasteiger partial charge in [-0.2, -0.15) is 0 Å². The molecule has 5 heteroatoms. The molecule has 0 bridgehead atoms. The molecule has 2 aromatic carbocycles. The lowest BCUT2D eigenvalue weighted by molar-refractivity contribution is 0.0696. The first-order valence-corrected chi connectivity index (χ1v) is 10.0. The molecule has 150 valence electrons. The summed E-state index contributed by atoms with van der Waals surface area (Å²) in [7, 11) is 0. The van der Waals surface area contributed by atoms with Gasteiger partial charge in [-0.05, 0) is 55.9 Å². The van der Waals surface area contributed by atoms with Gasteiger partial charge in [-0.3, -0.25) is 4.79 Å². The molecule has 1 aliphatic carbocycles. The molecule has 0 radical (unpaired) electrons. The van der Waals surface area contributed by atoms with Gasteiger partial charge in [0.25, 0.3) is 0 Å². The van der Waals surface area contributed by atoms with Crippen LogP contribution >= 0.6 is 0 Å². The molecule has 1 heterocycles. The average molecular weight is 392 g/mol. The second-order valence-electron chi connectivity index (χ2n) is 7.54. The number of benzene rings is 2. The van der Waals surface area contributed by atoms with Crippen molar-refractivity contribution in [1.82, 2.24) is 0 Å². The van der Waals surface area contributed by atoms with Crippen molar-refractivity contribution in [3.63, 3.8) is 0 Å². The van der Waals surface area contributed by atoms with Gasteiger partial charge in [0, 0.05) is 5.92 Å². The van der Waals surface area contributed by atoms with Gasteiger partial charge >= 0.3 is 5.97 Å². The lowest BCUT2D eigenvalue weighted by Gasteiger charge is -2.13. The smallest absolute Gasteiger partial charge is 0.335 e. The molecule has 1 aromatic heterocycles. The van der Waals surface area contributed by atoms with Gasteiger partial charge in [0.05, 0.1) is 17.6 Å². The molecule has 1 fully saturated rings. The topological polar surface area (TPSA) is 76.7 Å². The summed E-state index contributed by atoms with van der Waals surface area (Å²) in [5, 5.41) is 9.80. The molecule has 1 aliphatic rings. The van der Waals surface area contributed by atoms with Crippen LogP contribution in [0.3, 0.4) is 0 Å². The van der Waals surface area contributed by atoms with Gasteiger partial charge in [-0.15, -0.1) is 0 Å². The molecule has 0 spiro atoms. The maximum atomic E-state index is 13.3. The Morgan fingerprint density at radius 1 is 1.14 bits per heavy atom. The molecule has 1 saturated carbocycles. The van der Waals surface area contributed by atoms with E-state index in [0.29, 0.717) is 41.2 Å². The molecular formula is C24H24O5. The molecule has 3 aromatic rings. The van der Waals surface area contributed by atoms with Crippen molar-refractivity contribution >= 4 is 16.9 Å². The first-order valence-electron chi connectivity index (χ1n) is 10.0. The lowest BCUT2D eigenvalue weighted by atomic mass is 9.99. The van der Waals surface area contributed by atoms with Crippen molar-refractivity contribution in [2.24, 2.45) is 0 Å². The van der Waals surface area contributed by atoms with Crippen molar-refractivity contribution in [2.75, 3.05) is 6.61 Å². The van der Waals surface area contributed by atoms with Gasteiger partial charge in [0.15, 0.2) is 5.76 Å². The van der Waals surface area contributed by atoms with E-state index in [1.165, 1.54) is 17.2 Å². The van der Waals surface area contributed by atoms with Crippen LogP contribution in [0.1, 0.15) is 64.9 Å². The van der Waals surface area contributed by atoms with Crippen molar-refractivity contribution in [3.8, 4) is 5.75 Å². The van der Waals surface area contributed by atoms with E-state index in [1.807, 2.05) is 13.8 Å². The Bertz CT molecular complexity index is 1140. The Hall–Kier alpha value is -3.08. The van der Waals surface area contributed by atoms with Gasteiger partial charge in [0.1, 0.15) is 5.58 Å². The molecule has 4 rings (SSSR count). The predicted octanol–water partition coefficient (Wildman–Crippen LogP) is 5.03. The maximum absolute atomic E-state index is 13.3. The Labute approximate surface area is 168 Å². The van der Waals surface area contributed by atoms with Crippen LogP contribution in [0.25, 0.3) is 11.0 Å². The van der Waals surface area contributed by atoms with Crippen LogP contribution in [-0.2, 0) is 6.42 Å². The summed E-state index contributed by atoms with van der Waals surface area (Å²) in [6.45, 7) is 6.06. The van der Waals surface area contributed by atoms with E-state index in [4.69, 9.17) is 9.15 Å². The lowest BCUT2D eigenvalue weighted by Crippen LogP contribution is -2.14. The minimum atomic E-state index is -1.05. The van der Waals surface area contributed by atoms with Crippen LogP contribution in [0.15, 0.2) is 45.6 Å². The standard InChI is InChI=1S/C24H24O5/c1-4-15-16(24(26)27)10-11-19-20(15)21(25)23(28-5-2)22(29-19)18-12-17(18)14-8-6-13(3)7-9-14/h6-11,17-18H,4-5,12H2,1-3H3,(H,26,27). The molecule has 2 atom stereocenters. The van der Waals surface area contributed by atoms with E-state index in [-0.39, 0.29) is 22.7 Å². The summed E-state index contributed by atoms with van der Waals surface area (Å²) in [4.78, 5) is 24.9. The summed E-state index contributed by atoms with van der Waals surface area (Å²) in [6, 6.07) is 11.5. The number of fused-ring (bicyclic) bond motifs is 1. The number of rotatable bonds is 6. The van der Waals surface area contributed by atoms with Gasteiger partial charge < -0.3 is 14.3 Å². The third kappa shape index (κ3) is 3.31. The van der Waals surface area contributed by atoms with E-state index in [0.717, 1.165) is 6.42 Å². The summed E-state index contributed by atoms with van der Waals surface area (Å²) < 4.78 is 11.9. The second-order valence-corrected chi connectivity index (χ2v) is 7.54. The number of ether oxygens (including phenoxy) is 1. The Morgan fingerprint density at radius 3 is 2.48 bits per heavy atom. The van der Waals surface area contributed by atoms with Gasteiger partial charge in [-0.1, -0.05) is 36.8 Å².